The van der Waals surface area contributed by atoms with Gasteiger partial charge in [0.05, 0.1) is 13.2 Å². The molecule has 0 bridgehead atoms. The van der Waals surface area contributed by atoms with Crippen LogP contribution in [0.3, 0.4) is 0 Å². The molecular weight excluding hydrogens is 304 g/mol. The van der Waals surface area contributed by atoms with Crippen LogP contribution in [0.5, 0.6) is 0 Å². The molecule has 0 aromatic rings. The number of rotatable bonds is 12. The Bertz CT molecular complexity index is 308. The van der Waals surface area contributed by atoms with Crippen LogP contribution in [0.4, 0.5) is 0 Å². The molecule has 0 atom stereocenters. The van der Waals surface area contributed by atoms with Crippen molar-refractivity contribution in [3.63, 3.8) is 0 Å². The molecule has 4 heteroatoms. The minimum absolute atomic E-state index is 0.107. The average Bonchev–Trinajstić information content (AvgIpc) is 2.55. The van der Waals surface area contributed by atoms with E-state index in [1.807, 2.05) is 0 Å². The van der Waals surface area contributed by atoms with Gasteiger partial charge in [0.1, 0.15) is 0 Å². The molecule has 1 aliphatic rings. The van der Waals surface area contributed by atoms with Gasteiger partial charge in [0.25, 0.3) is 0 Å². The van der Waals surface area contributed by atoms with E-state index in [4.69, 9.17) is 19.6 Å². The van der Waals surface area contributed by atoms with Crippen molar-refractivity contribution in [2.45, 2.75) is 98.7 Å². The zero-order valence-electron chi connectivity index (χ0n) is 16.9. The topological polar surface area (TPSA) is 36.9 Å². The highest BCUT2D eigenvalue weighted by atomic mass is 17.3. The fourth-order valence-electron chi connectivity index (χ4n) is 4.25. The van der Waals surface area contributed by atoms with Crippen LogP contribution in [0.25, 0.3) is 0 Å². The van der Waals surface area contributed by atoms with Crippen molar-refractivity contribution in [3.8, 4) is 0 Å². The Morgan fingerprint density at radius 1 is 0.750 bits per heavy atom. The molecular formula is C20H40O4. The van der Waals surface area contributed by atoms with Gasteiger partial charge in [-0.05, 0) is 37.5 Å². The Balaban J connectivity index is 2.99. The molecule has 0 heterocycles. The molecule has 0 radical (unpaired) electrons. The van der Waals surface area contributed by atoms with E-state index in [0.29, 0.717) is 25.0 Å². The first-order chi connectivity index (χ1) is 11.5. The van der Waals surface area contributed by atoms with Crippen molar-refractivity contribution in [3.05, 3.63) is 0 Å². The largest absolute Gasteiger partial charge is 0.239 e. The minimum atomic E-state index is -0.810. The smallest absolute Gasteiger partial charge is 0.234 e. The molecule has 1 aliphatic carbocycles. The molecule has 144 valence electrons. The number of hydrogen-bond acceptors (Lipinski definition) is 4. The second-order valence-corrected chi connectivity index (χ2v) is 7.83. The van der Waals surface area contributed by atoms with Gasteiger partial charge in [-0.25, -0.2) is 9.78 Å². The van der Waals surface area contributed by atoms with Gasteiger partial charge in [-0.1, -0.05) is 60.8 Å². The third-order valence-electron chi connectivity index (χ3n) is 5.67. The SMILES string of the molecule is CCCCOOC1(OOCCCC)CCCCC1(C(C)C)C(C)C. The van der Waals surface area contributed by atoms with Crippen LogP contribution in [0, 0.1) is 17.3 Å². The van der Waals surface area contributed by atoms with Crippen LogP contribution < -0.4 is 0 Å². The summed E-state index contributed by atoms with van der Waals surface area (Å²) >= 11 is 0. The molecule has 0 unspecified atom stereocenters. The van der Waals surface area contributed by atoms with Crippen molar-refractivity contribution in [1.82, 2.24) is 0 Å². The summed E-state index contributed by atoms with van der Waals surface area (Å²) in [6.45, 7) is 14.6. The summed E-state index contributed by atoms with van der Waals surface area (Å²) in [5.41, 5.74) is -0.107. The van der Waals surface area contributed by atoms with Crippen LogP contribution in [0.1, 0.15) is 92.9 Å². The van der Waals surface area contributed by atoms with Crippen LogP contribution in [-0.2, 0) is 19.6 Å². The maximum absolute atomic E-state index is 6.04. The van der Waals surface area contributed by atoms with E-state index >= 15 is 0 Å². The van der Waals surface area contributed by atoms with E-state index in [1.54, 1.807) is 0 Å². The summed E-state index contributed by atoms with van der Waals surface area (Å²) in [6, 6.07) is 0. The lowest BCUT2D eigenvalue weighted by Crippen LogP contribution is -2.59. The van der Waals surface area contributed by atoms with E-state index in [1.165, 1.54) is 6.42 Å². The Kier molecular flexibility index (Phi) is 9.80. The summed E-state index contributed by atoms with van der Waals surface area (Å²) in [7, 11) is 0. The molecule has 0 spiro atoms. The second-order valence-electron chi connectivity index (χ2n) is 7.83. The Labute approximate surface area is 149 Å². The second kappa shape index (κ2) is 10.7. The van der Waals surface area contributed by atoms with Crippen molar-refractivity contribution >= 4 is 0 Å². The average molecular weight is 345 g/mol. The van der Waals surface area contributed by atoms with Gasteiger partial charge in [-0.3, -0.25) is 0 Å². The highest BCUT2D eigenvalue weighted by Crippen LogP contribution is 2.56. The first-order valence-electron chi connectivity index (χ1n) is 10.1. The molecule has 0 amide bonds. The van der Waals surface area contributed by atoms with Crippen molar-refractivity contribution < 1.29 is 19.6 Å². The molecule has 0 aliphatic heterocycles. The first kappa shape index (κ1) is 21.9. The van der Waals surface area contributed by atoms with E-state index in [0.717, 1.165) is 44.9 Å². The lowest BCUT2D eigenvalue weighted by Gasteiger charge is -2.55. The minimum Gasteiger partial charge on any atom is -0.234 e. The maximum Gasteiger partial charge on any atom is 0.239 e. The summed E-state index contributed by atoms with van der Waals surface area (Å²) in [6.07, 6.45) is 8.34. The lowest BCUT2D eigenvalue weighted by molar-refractivity contribution is -0.549. The molecule has 0 N–H and O–H groups in total. The Morgan fingerprint density at radius 3 is 1.62 bits per heavy atom. The van der Waals surface area contributed by atoms with Crippen LogP contribution in [-0.4, -0.2) is 19.0 Å². The summed E-state index contributed by atoms with van der Waals surface area (Å²) < 4.78 is 0. The predicted molar refractivity (Wildman–Crippen MR) is 97.2 cm³/mol. The maximum atomic E-state index is 6.04. The first-order valence-corrected chi connectivity index (χ1v) is 10.1. The zero-order valence-corrected chi connectivity index (χ0v) is 16.9. The lowest BCUT2D eigenvalue weighted by atomic mass is 9.57. The van der Waals surface area contributed by atoms with Gasteiger partial charge in [-0.15, -0.1) is 0 Å². The molecule has 24 heavy (non-hydrogen) atoms. The van der Waals surface area contributed by atoms with Crippen molar-refractivity contribution in [2.24, 2.45) is 17.3 Å². The van der Waals surface area contributed by atoms with Gasteiger partial charge in [-0.2, -0.15) is 9.78 Å². The quantitative estimate of drug-likeness (QED) is 0.187. The normalized spacial score (nSPS) is 20.0. The van der Waals surface area contributed by atoms with Crippen LogP contribution in [0.15, 0.2) is 0 Å². The van der Waals surface area contributed by atoms with Gasteiger partial charge < -0.3 is 0 Å². The van der Waals surface area contributed by atoms with E-state index in [2.05, 4.69) is 41.5 Å². The van der Waals surface area contributed by atoms with Gasteiger partial charge in [0.15, 0.2) is 0 Å². The predicted octanol–water partition coefficient (Wildman–Crippen LogP) is 6.05. The third-order valence-corrected chi connectivity index (χ3v) is 5.67. The molecule has 1 rings (SSSR count). The highest BCUT2D eigenvalue weighted by Gasteiger charge is 2.60. The van der Waals surface area contributed by atoms with Crippen LogP contribution >= 0.6 is 0 Å². The third kappa shape index (κ3) is 4.94. The van der Waals surface area contributed by atoms with E-state index in [9.17, 15) is 0 Å². The molecule has 0 aromatic heterocycles. The molecule has 1 fully saturated rings. The molecule has 0 aromatic carbocycles. The summed E-state index contributed by atoms with van der Waals surface area (Å²) in [5, 5.41) is 0. The Hall–Kier alpha value is -0.160. The monoisotopic (exact) mass is 344 g/mol. The standard InChI is InChI=1S/C20H40O4/c1-7-9-15-21-23-20(24-22-16-10-8-2)14-12-11-13-19(20,17(3)4)18(5)6/h17-18H,7-16H2,1-6H3. The fraction of sp³-hybridized carbons (Fsp3) is 1.00. The molecule has 1 saturated carbocycles. The molecule has 0 saturated heterocycles. The van der Waals surface area contributed by atoms with Crippen molar-refractivity contribution in [1.29, 1.82) is 0 Å². The highest BCUT2D eigenvalue weighted by molar-refractivity contribution is 5.00. The van der Waals surface area contributed by atoms with Crippen molar-refractivity contribution in [2.75, 3.05) is 13.2 Å². The van der Waals surface area contributed by atoms with E-state index < -0.39 is 5.79 Å². The number of unbranched alkanes of at least 4 members (excludes halogenated alkanes) is 2. The molecule has 4 nitrogen and oxygen atoms in total. The van der Waals surface area contributed by atoms with Gasteiger partial charge in [0.2, 0.25) is 5.79 Å². The Morgan fingerprint density at radius 2 is 1.21 bits per heavy atom. The number of hydrogen-bond donors (Lipinski definition) is 0. The van der Waals surface area contributed by atoms with Gasteiger partial charge >= 0.3 is 0 Å². The van der Waals surface area contributed by atoms with Crippen LogP contribution in [0.2, 0.25) is 0 Å². The summed E-state index contributed by atoms with van der Waals surface area (Å²) in [5.74, 6) is 0.0272. The van der Waals surface area contributed by atoms with Gasteiger partial charge in [0, 0.05) is 11.8 Å². The zero-order chi connectivity index (χ0) is 18.1. The summed E-state index contributed by atoms with van der Waals surface area (Å²) in [4.78, 5) is 23.3. The van der Waals surface area contributed by atoms with E-state index in [-0.39, 0.29) is 5.41 Å². The fourth-order valence-corrected chi connectivity index (χ4v) is 4.25.